The zero-order valence-corrected chi connectivity index (χ0v) is 12.6. The predicted octanol–water partition coefficient (Wildman–Crippen LogP) is 1.45. The number of hydrogen-bond donors (Lipinski definition) is 2. The summed E-state index contributed by atoms with van der Waals surface area (Å²) in [5.41, 5.74) is 5.66. The average Bonchev–Trinajstić information content (AvgIpc) is 2.38. The van der Waals surface area contributed by atoms with Crippen LogP contribution >= 0.6 is 0 Å². The Kier molecular flexibility index (Phi) is 5.80. The molecule has 7 nitrogen and oxygen atoms in total. The number of rotatable bonds is 7. The number of benzene rings is 1. The summed E-state index contributed by atoms with van der Waals surface area (Å²) in [7, 11) is 1.82. The molecule has 7 heteroatoms. The summed E-state index contributed by atoms with van der Waals surface area (Å²) >= 11 is 0. The van der Waals surface area contributed by atoms with E-state index >= 15 is 0 Å². The van der Waals surface area contributed by atoms with Crippen LogP contribution in [0.1, 0.15) is 13.8 Å². The van der Waals surface area contributed by atoms with Crippen molar-refractivity contribution in [2.24, 2.45) is 11.1 Å². The van der Waals surface area contributed by atoms with Gasteiger partial charge in [0.25, 0.3) is 5.69 Å². The number of nitrogens with two attached hydrogens (primary N) is 1. The molecule has 1 amide bonds. The fraction of sp³-hybridized carbons (Fsp3) is 0.500. The Hall–Kier alpha value is -1.99. The summed E-state index contributed by atoms with van der Waals surface area (Å²) in [6.07, 6.45) is 0. The van der Waals surface area contributed by atoms with Crippen molar-refractivity contribution in [2.45, 2.75) is 13.8 Å². The Balaban J connectivity index is 2.64. The highest BCUT2D eigenvalue weighted by molar-refractivity contribution is 5.94. The minimum Gasteiger partial charge on any atom is -0.330 e. The van der Waals surface area contributed by atoms with Gasteiger partial charge in [0, 0.05) is 12.6 Å². The average molecular weight is 294 g/mol. The third kappa shape index (κ3) is 5.49. The highest BCUT2D eigenvalue weighted by Crippen LogP contribution is 2.23. The van der Waals surface area contributed by atoms with E-state index in [0.29, 0.717) is 13.1 Å². The van der Waals surface area contributed by atoms with Gasteiger partial charge in [-0.3, -0.25) is 19.8 Å². The Labute approximate surface area is 124 Å². The number of nitrogens with zero attached hydrogens (tertiary/aromatic N) is 2. The van der Waals surface area contributed by atoms with Crippen LogP contribution in [0.3, 0.4) is 0 Å². The molecule has 116 valence electrons. The molecule has 0 aliphatic rings. The van der Waals surface area contributed by atoms with Crippen molar-refractivity contribution in [3.05, 3.63) is 34.4 Å². The molecule has 0 radical (unpaired) electrons. The van der Waals surface area contributed by atoms with Gasteiger partial charge in [-0.2, -0.15) is 0 Å². The number of amides is 1. The summed E-state index contributed by atoms with van der Waals surface area (Å²) in [4.78, 5) is 24.2. The predicted molar refractivity (Wildman–Crippen MR) is 82.1 cm³/mol. The number of nitro groups is 1. The maximum absolute atomic E-state index is 12.0. The lowest BCUT2D eigenvalue weighted by Gasteiger charge is -2.28. The van der Waals surface area contributed by atoms with Gasteiger partial charge < -0.3 is 11.1 Å². The minimum atomic E-state index is -0.517. The van der Waals surface area contributed by atoms with Crippen molar-refractivity contribution in [1.29, 1.82) is 0 Å². The second kappa shape index (κ2) is 7.14. The van der Waals surface area contributed by atoms with E-state index in [1.54, 1.807) is 12.1 Å². The Bertz CT molecular complexity index is 517. The van der Waals surface area contributed by atoms with Crippen LogP contribution in [-0.2, 0) is 4.79 Å². The second-order valence-corrected chi connectivity index (χ2v) is 5.86. The normalized spacial score (nSPS) is 11.5. The van der Waals surface area contributed by atoms with Crippen LogP contribution in [0.25, 0.3) is 0 Å². The quantitative estimate of drug-likeness (QED) is 0.585. The van der Waals surface area contributed by atoms with Crippen molar-refractivity contribution >= 4 is 17.3 Å². The van der Waals surface area contributed by atoms with Gasteiger partial charge in [0.05, 0.1) is 11.5 Å². The van der Waals surface area contributed by atoms with Crippen LogP contribution in [0.4, 0.5) is 11.4 Å². The number of nitro benzene ring substituents is 1. The number of hydrogen-bond acceptors (Lipinski definition) is 5. The molecule has 0 aliphatic heterocycles. The van der Waals surface area contributed by atoms with Gasteiger partial charge in [-0.25, -0.2) is 0 Å². The second-order valence-electron chi connectivity index (χ2n) is 5.86. The largest absolute Gasteiger partial charge is 0.330 e. The summed E-state index contributed by atoms with van der Waals surface area (Å²) in [5, 5.41) is 13.5. The number of carbonyl (C=O) groups excluding carboxylic acids is 1. The number of para-hydroxylation sites is 2. The van der Waals surface area contributed by atoms with Crippen molar-refractivity contribution in [1.82, 2.24) is 4.90 Å². The maximum atomic E-state index is 12.0. The summed E-state index contributed by atoms with van der Waals surface area (Å²) < 4.78 is 0. The van der Waals surface area contributed by atoms with E-state index in [0.717, 1.165) is 0 Å². The molecule has 0 aromatic heterocycles. The highest BCUT2D eigenvalue weighted by atomic mass is 16.6. The smallest absolute Gasteiger partial charge is 0.292 e. The Morgan fingerprint density at radius 3 is 2.62 bits per heavy atom. The minimum absolute atomic E-state index is 0.0895. The van der Waals surface area contributed by atoms with E-state index in [1.165, 1.54) is 12.1 Å². The summed E-state index contributed by atoms with van der Waals surface area (Å²) in [5.74, 6) is -0.292. The van der Waals surface area contributed by atoms with E-state index in [4.69, 9.17) is 5.73 Å². The van der Waals surface area contributed by atoms with Gasteiger partial charge in [-0.15, -0.1) is 0 Å². The van der Waals surface area contributed by atoms with Crippen LogP contribution in [0.5, 0.6) is 0 Å². The number of carbonyl (C=O) groups is 1. The maximum Gasteiger partial charge on any atom is 0.292 e. The molecule has 1 rings (SSSR count). The molecule has 0 aliphatic carbocycles. The Morgan fingerprint density at radius 1 is 1.43 bits per heavy atom. The Morgan fingerprint density at radius 2 is 2.05 bits per heavy atom. The van der Waals surface area contributed by atoms with Crippen LogP contribution in [0, 0.1) is 15.5 Å². The van der Waals surface area contributed by atoms with Crippen molar-refractivity contribution < 1.29 is 9.72 Å². The zero-order chi connectivity index (χ0) is 16.0. The molecule has 0 bridgehead atoms. The zero-order valence-electron chi connectivity index (χ0n) is 12.6. The first-order valence-electron chi connectivity index (χ1n) is 6.67. The first-order chi connectivity index (χ1) is 9.75. The third-order valence-electron chi connectivity index (χ3n) is 3.04. The van der Waals surface area contributed by atoms with Crippen LogP contribution in [0.2, 0.25) is 0 Å². The molecule has 0 saturated heterocycles. The van der Waals surface area contributed by atoms with Crippen LogP contribution in [-0.4, -0.2) is 42.4 Å². The number of likely N-dealkylation sites (N-methyl/N-ethyl adjacent to an activating group) is 1. The molecule has 0 saturated carbocycles. The van der Waals surface area contributed by atoms with E-state index < -0.39 is 4.92 Å². The van der Waals surface area contributed by atoms with Crippen molar-refractivity contribution in [3.8, 4) is 0 Å². The van der Waals surface area contributed by atoms with Crippen molar-refractivity contribution in [3.63, 3.8) is 0 Å². The van der Waals surface area contributed by atoms with Gasteiger partial charge in [0.2, 0.25) is 5.91 Å². The van der Waals surface area contributed by atoms with Gasteiger partial charge in [-0.05, 0) is 25.1 Å². The molecule has 0 spiro atoms. The van der Waals surface area contributed by atoms with Gasteiger partial charge in [0.1, 0.15) is 5.69 Å². The lowest BCUT2D eigenvalue weighted by Crippen LogP contribution is -2.40. The monoisotopic (exact) mass is 294 g/mol. The molecule has 0 unspecified atom stereocenters. The molecular weight excluding hydrogens is 272 g/mol. The summed E-state index contributed by atoms with van der Waals surface area (Å²) in [6.45, 7) is 5.36. The molecule has 3 N–H and O–H groups in total. The fourth-order valence-electron chi connectivity index (χ4n) is 2.02. The van der Waals surface area contributed by atoms with E-state index in [-0.39, 0.29) is 29.2 Å². The van der Waals surface area contributed by atoms with E-state index in [1.807, 2.05) is 25.8 Å². The molecule has 0 fully saturated rings. The lowest BCUT2D eigenvalue weighted by molar-refractivity contribution is -0.383. The molecule has 1 aromatic rings. The molecule has 1 aromatic carbocycles. The topological polar surface area (TPSA) is 102 Å². The molecular formula is C14H22N4O3. The molecule has 0 atom stereocenters. The first-order valence-corrected chi connectivity index (χ1v) is 6.67. The molecule has 21 heavy (non-hydrogen) atoms. The van der Waals surface area contributed by atoms with E-state index in [9.17, 15) is 14.9 Å². The summed E-state index contributed by atoms with van der Waals surface area (Å²) in [6, 6.07) is 6.07. The van der Waals surface area contributed by atoms with Crippen LogP contribution < -0.4 is 11.1 Å². The highest BCUT2D eigenvalue weighted by Gasteiger charge is 2.20. The lowest BCUT2D eigenvalue weighted by atomic mass is 9.93. The van der Waals surface area contributed by atoms with Crippen molar-refractivity contribution in [2.75, 3.05) is 32.0 Å². The first kappa shape index (κ1) is 17.1. The van der Waals surface area contributed by atoms with Crippen LogP contribution in [0.15, 0.2) is 24.3 Å². The fourth-order valence-corrected chi connectivity index (χ4v) is 2.02. The van der Waals surface area contributed by atoms with Gasteiger partial charge in [0.15, 0.2) is 0 Å². The number of nitrogens with one attached hydrogen (secondary N) is 1. The standard InChI is InChI=1S/C14H22N4O3/c1-14(2,9-15)10-17(3)8-13(19)16-11-6-4-5-7-12(11)18(20)21/h4-7H,8-10,15H2,1-3H3,(H,16,19). The third-order valence-corrected chi connectivity index (χ3v) is 3.04. The van der Waals surface area contributed by atoms with Gasteiger partial charge >= 0.3 is 0 Å². The van der Waals surface area contributed by atoms with E-state index in [2.05, 4.69) is 5.32 Å². The molecule has 0 heterocycles. The number of anilines is 1. The van der Waals surface area contributed by atoms with Gasteiger partial charge in [-0.1, -0.05) is 26.0 Å². The SMILES string of the molecule is CN(CC(=O)Nc1ccccc1[N+](=O)[O-])CC(C)(C)CN.